The lowest BCUT2D eigenvalue weighted by atomic mass is 10.1. The monoisotopic (exact) mass is 460 g/mol. The van der Waals surface area contributed by atoms with Crippen molar-refractivity contribution in [2.75, 3.05) is 56.9 Å². The number of nitrogens with one attached hydrogen (secondary N) is 3. The van der Waals surface area contributed by atoms with Crippen LogP contribution < -0.4 is 16.0 Å². The van der Waals surface area contributed by atoms with Crippen LogP contribution in [0.2, 0.25) is 0 Å². The maximum absolute atomic E-state index is 11.8. The lowest BCUT2D eigenvalue weighted by Gasteiger charge is -2.34. The molecule has 3 aromatic rings. The molecule has 0 saturated carbocycles. The summed E-state index contributed by atoms with van der Waals surface area (Å²) in [6.45, 7) is 7.72. The number of carbonyl (C=O) groups excluding carboxylic acids is 1. The van der Waals surface area contributed by atoms with E-state index < -0.39 is 0 Å². The van der Waals surface area contributed by atoms with E-state index in [0.29, 0.717) is 19.0 Å². The summed E-state index contributed by atoms with van der Waals surface area (Å²) in [5, 5.41) is 9.22. The number of piperazine rings is 1. The van der Waals surface area contributed by atoms with Crippen molar-refractivity contribution in [3.05, 3.63) is 60.6 Å². The van der Waals surface area contributed by atoms with Gasteiger partial charge in [-0.2, -0.15) is 0 Å². The molecule has 0 aliphatic carbocycles. The Labute approximate surface area is 200 Å². The topological polar surface area (TPSA) is 98.3 Å². The van der Waals surface area contributed by atoms with Gasteiger partial charge in [0.25, 0.3) is 0 Å². The van der Waals surface area contributed by atoms with Gasteiger partial charge in [-0.1, -0.05) is 12.1 Å². The average Bonchev–Trinajstić information content (AvgIpc) is 2.86. The maximum Gasteiger partial charge on any atom is 0.234 e. The Kier molecular flexibility index (Phi) is 8.00. The zero-order valence-electron chi connectivity index (χ0n) is 19.8. The number of hydrogen-bond acceptors (Lipinski definition) is 8. The van der Waals surface area contributed by atoms with E-state index in [1.165, 1.54) is 5.56 Å². The van der Waals surface area contributed by atoms with E-state index in [4.69, 9.17) is 0 Å². The molecule has 9 heteroatoms. The number of anilines is 3. The molecule has 0 radical (unpaired) electrons. The van der Waals surface area contributed by atoms with Crippen LogP contribution in [0.3, 0.4) is 0 Å². The highest BCUT2D eigenvalue weighted by Crippen LogP contribution is 2.23. The Balaban J connectivity index is 1.34. The molecule has 1 amide bonds. The van der Waals surface area contributed by atoms with E-state index in [0.717, 1.165) is 55.4 Å². The van der Waals surface area contributed by atoms with Gasteiger partial charge in [0.05, 0.1) is 6.54 Å². The van der Waals surface area contributed by atoms with Crippen molar-refractivity contribution < 1.29 is 4.79 Å². The normalized spacial score (nSPS) is 14.5. The third-order valence-electron chi connectivity index (χ3n) is 5.78. The highest BCUT2D eigenvalue weighted by atomic mass is 16.2. The first-order chi connectivity index (χ1) is 16.6. The second-order valence-corrected chi connectivity index (χ2v) is 8.31. The van der Waals surface area contributed by atoms with E-state index in [1.807, 2.05) is 25.1 Å². The summed E-state index contributed by atoms with van der Waals surface area (Å²) in [6, 6.07) is 12.4. The van der Waals surface area contributed by atoms with Crippen molar-refractivity contribution in [2.24, 2.45) is 0 Å². The molecule has 1 saturated heterocycles. The molecule has 1 aliphatic rings. The van der Waals surface area contributed by atoms with Crippen molar-refractivity contribution in [1.29, 1.82) is 0 Å². The largest absolute Gasteiger partial charge is 0.357 e. The number of benzene rings is 1. The van der Waals surface area contributed by atoms with Gasteiger partial charge in [-0.05, 0) is 42.3 Å². The highest BCUT2D eigenvalue weighted by molar-refractivity contribution is 5.77. The van der Waals surface area contributed by atoms with E-state index in [1.54, 1.807) is 25.6 Å². The molecule has 4 rings (SSSR count). The van der Waals surface area contributed by atoms with E-state index in [-0.39, 0.29) is 5.91 Å². The first kappa shape index (κ1) is 23.6. The molecule has 0 unspecified atom stereocenters. The summed E-state index contributed by atoms with van der Waals surface area (Å²) in [4.78, 5) is 29.5. The van der Waals surface area contributed by atoms with Gasteiger partial charge in [-0.3, -0.25) is 14.6 Å². The molecule has 34 heavy (non-hydrogen) atoms. The Morgan fingerprint density at radius 3 is 2.47 bits per heavy atom. The second-order valence-electron chi connectivity index (χ2n) is 8.31. The predicted molar refractivity (Wildman–Crippen MR) is 135 cm³/mol. The van der Waals surface area contributed by atoms with Crippen LogP contribution in [0, 0.1) is 0 Å². The molecule has 178 valence electrons. The van der Waals surface area contributed by atoms with Crippen LogP contribution in [0.4, 0.5) is 17.5 Å². The van der Waals surface area contributed by atoms with Crippen LogP contribution in [0.1, 0.15) is 12.5 Å². The van der Waals surface area contributed by atoms with E-state index >= 15 is 0 Å². The summed E-state index contributed by atoms with van der Waals surface area (Å²) in [6.07, 6.45) is 5.39. The number of carbonyl (C=O) groups is 1. The summed E-state index contributed by atoms with van der Waals surface area (Å²) in [5.74, 6) is 1.47. The molecular formula is C25H32N8O. The molecule has 0 atom stereocenters. The number of aromatic nitrogens is 3. The molecule has 3 N–H and O–H groups in total. The first-order valence-corrected chi connectivity index (χ1v) is 11.7. The Hall–Kier alpha value is -3.56. The molecule has 0 spiro atoms. The van der Waals surface area contributed by atoms with Crippen molar-refractivity contribution >= 4 is 23.4 Å². The van der Waals surface area contributed by atoms with E-state index in [2.05, 4.69) is 58.9 Å². The Morgan fingerprint density at radius 2 is 1.74 bits per heavy atom. The Morgan fingerprint density at radius 1 is 0.971 bits per heavy atom. The molecule has 1 fully saturated rings. The minimum Gasteiger partial charge on any atom is -0.357 e. The van der Waals surface area contributed by atoms with Gasteiger partial charge < -0.3 is 16.0 Å². The van der Waals surface area contributed by atoms with Gasteiger partial charge in [0, 0.05) is 76.2 Å². The fourth-order valence-electron chi connectivity index (χ4n) is 4.00. The number of hydrogen-bond donors (Lipinski definition) is 3. The molecule has 1 aliphatic heterocycles. The lowest BCUT2D eigenvalue weighted by molar-refractivity contribution is -0.122. The highest BCUT2D eigenvalue weighted by Gasteiger charge is 2.18. The smallest absolute Gasteiger partial charge is 0.234 e. The van der Waals surface area contributed by atoms with Crippen LogP contribution in [0.5, 0.6) is 0 Å². The zero-order chi connectivity index (χ0) is 23.8. The Bertz CT molecular complexity index is 1080. The first-order valence-electron chi connectivity index (χ1n) is 11.7. The van der Waals surface area contributed by atoms with Crippen LogP contribution in [-0.2, 0) is 11.3 Å². The number of likely N-dealkylation sites (N-methyl/N-ethyl adjacent to an activating group) is 1. The molecular weight excluding hydrogens is 428 g/mol. The summed E-state index contributed by atoms with van der Waals surface area (Å²) < 4.78 is 0. The number of nitrogens with zero attached hydrogens (tertiary/aromatic N) is 5. The fraction of sp³-hybridized carbons (Fsp3) is 0.360. The third kappa shape index (κ3) is 6.49. The van der Waals surface area contributed by atoms with E-state index in [9.17, 15) is 4.79 Å². The fourth-order valence-corrected chi connectivity index (χ4v) is 4.00. The van der Waals surface area contributed by atoms with Gasteiger partial charge in [-0.15, -0.1) is 0 Å². The number of amides is 1. The van der Waals surface area contributed by atoms with Crippen molar-refractivity contribution in [1.82, 2.24) is 30.1 Å². The maximum atomic E-state index is 11.8. The minimum absolute atomic E-state index is 0.106. The summed E-state index contributed by atoms with van der Waals surface area (Å²) in [5.41, 5.74) is 4.18. The standard InChI is InChI=1S/C25H32N8O/c1-3-27-24(34)18-33-11-9-32(10-12-33)17-19-5-4-6-22(13-19)31-23-14-20(7-8-28-23)21-15-29-25(26-2)30-16-21/h4-8,13-16H,3,9-12,17-18H2,1-2H3,(H,27,34)(H,28,31)(H,26,29,30). The third-order valence-corrected chi connectivity index (χ3v) is 5.78. The van der Waals surface area contributed by atoms with Crippen molar-refractivity contribution in [2.45, 2.75) is 13.5 Å². The van der Waals surface area contributed by atoms with Gasteiger partial charge in [0.15, 0.2) is 0 Å². The zero-order valence-corrected chi connectivity index (χ0v) is 19.8. The molecule has 2 aromatic heterocycles. The molecule has 9 nitrogen and oxygen atoms in total. The quantitative estimate of drug-likeness (QED) is 0.448. The van der Waals surface area contributed by atoms with Gasteiger partial charge >= 0.3 is 0 Å². The van der Waals surface area contributed by atoms with Crippen LogP contribution in [0.15, 0.2) is 55.0 Å². The summed E-state index contributed by atoms with van der Waals surface area (Å²) in [7, 11) is 1.80. The SMILES string of the molecule is CCNC(=O)CN1CCN(Cc2cccc(Nc3cc(-c4cnc(NC)nc4)ccn3)c2)CC1. The van der Waals surface area contributed by atoms with Crippen molar-refractivity contribution in [3.8, 4) is 11.1 Å². The van der Waals surface area contributed by atoms with Crippen LogP contribution in [0.25, 0.3) is 11.1 Å². The van der Waals surface area contributed by atoms with Gasteiger partial charge in [0.2, 0.25) is 11.9 Å². The van der Waals surface area contributed by atoms with Gasteiger partial charge in [0.1, 0.15) is 5.82 Å². The predicted octanol–water partition coefficient (Wildman–Crippen LogP) is 2.58. The molecule has 1 aromatic carbocycles. The van der Waals surface area contributed by atoms with Crippen LogP contribution in [-0.4, -0.2) is 77.0 Å². The number of rotatable bonds is 9. The average molecular weight is 461 g/mol. The lowest BCUT2D eigenvalue weighted by Crippen LogP contribution is -2.49. The second kappa shape index (κ2) is 11.5. The summed E-state index contributed by atoms with van der Waals surface area (Å²) >= 11 is 0. The minimum atomic E-state index is 0.106. The van der Waals surface area contributed by atoms with Gasteiger partial charge in [-0.25, -0.2) is 15.0 Å². The molecule has 3 heterocycles. The van der Waals surface area contributed by atoms with Crippen LogP contribution >= 0.6 is 0 Å². The van der Waals surface area contributed by atoms with Crippen molar-refractivity contribution in [3.63, 3.8) is 0 Å². The molecule has 0 bridgehead atoms. The number of pyridine rings is 1.